The van der Waals surface area contributed by atoms with Gasteiger partial charge in [0.2, 0.25) is 5.91 Å². The fourth-order valence-corrected chi connectivity index (χ4v) is 3.04. The second-order valence-corrected chi connectivity index (χ2v) is 5.99. The van der Waals surface area contributed by atoms with Crippen molar-refractivity contribution in [2.75, 3.05) is 6.54 Å². The van der Waals surface area contributed by atoms with Gasteiger partial charge in [-0.15, -0.1) is 0 Å². The lowest BCUT2D eigenvalue weighted by Crippen LogP contribution is -2.42. The number of amides is 1. The molecule has 0 aliphatic carbocycles. The van der Waals surface area contributed by atoms with Crippen LogP contribution in [0.15, 0.2) is 49.1 Å². The highest BCUT2D eigenvalue weighted by Gasteiger charge is 2.30. The second-order valence-electron chi connectivity index (χ2n) is 5.99. The van der Waals surface area contributed by atoms with E-state index in [1.165, 1.54) is 0 Å². The molecule has 1 atom stereocenters. The number of fused-ring (bicyclic) bond motifs is 1. The first kappa shape index (κ1) is 18.3. The summed E-state index contributed by atoms with van der Waals surface area (Å²) in [6.45, 7) is 3.35. The van der Waals surface area contributed by atoms with Crippen LogP contribution in [0.2, 0.25) is 0 Å². The van der Waals surface area contributed by atoms with Crippen LogP contribution >= 0.6 is 0 Å². The molecule has 1 N–H and O–H groups in total. The molecule has 1 aromatic carbocycles. The van der Waals surface area contributed by atoms with Crippen LogP contribution in [0.25, 0.3) is 11.4 Å². The molecule has 9 heteroatoms. The first-order valence-corrected chi connectivity index (χ1v) is 8.47. The van der Waals surface area contributed by atoms with Crippen LogP contribution < -0.4 is 0 Å². The molecule has 9 nitrogen and oxygen atoms in total. The van der Waals surface area contributed by atoms with Crippen LogP contribution in [-0.2, 0) is 22.7 Å². The summed E-state index contributed by atoms with van der Waals surface area (Å²) in [5.74, 6) is 1.61. The quantitative estimate of drug-likeness (QED) is 0.701. The lowest BCUT2D eigenvalue weighted by molar-refractivity contribution is -0.135. The zero-order chi connectivity index (χ0) is 19.2. The van der Waals surface area contributed by atoms with E-state index in [0.29, 0.717) is 25.5 Å². The van der Waals surface area contributed by atoms with E-state index in [-0.39, 0.29) is 18.4 Å². The topological polar surface area (TPSA) is 106 Å². The van der Waals surface area contributed by atoms with Gasteiger partial charge in [0.25, 0.3) is 6.47 Å². The van der Waals surface area contributed by atoms with Crippen LogP contribution in [0.3, 0.4) is 0 Å². The average molecular weight is 368 g/mol. The highest BCUT2D eigenvalue weighted by Crippen LogP contribution is 2.26. The third-order valence-electron chi connectivity index (χ3n) is 4.32. The van der Waals surface area contributed by atoms with Gasteiger partial charge in [0.05, 0.1) is 18.9 Å². The summed E-state index contributed by atoms with van der Waals surface area (Å²) in [6, 6.07) is 9.81. The van der Waals surface area contributed by atoms with Crippen LogP contribution in [0.4, 0.5) is 0 Å². The molecule has 140 valence electrons. The van der Waals surface area contributed by atoms with E-state index < -0.39 is 0 Å². The van der Waals surface area contributed by atoms with E-state index in [1.807, 2.05) is 46.8 Å². The Morgan fingerprint density at radius 3 is 2.70 bits per heavy atom. The molecule has 0 fully saturated rings. The van der Waals surface area contributed by atoms with E-state index >= 15 is 0 Å². The molecule has 0 unspecified atom stereocenters. The van der Waals surface area contributed by atoms with Crippen molar-refractivity contribution in [3.05, 3.63) is 54.9 Å². The average Bonchev–Trinajstić information content (AvgIpc) is 3.33. The molecule has 0 spiro atoms. The van der Waals surface area contributed by atoms with Crippen molar-refractivity contribution in [1.82, 2.24) is 29.2 Å². The third-order valence-corrected chi connectivity index (χ3v) is 4.32. The van der Waals surface area contributed by atoms with Gasteiger partial charge in [-0.1, -0.05) is 30.3 Å². The minimum Gasteiger partial charge on any atom is -0.483 e. The number of carbonyl (C=O) groups is 2. The molecule has 2 aromatic heterocycles. The van der Waals surface area contributed by atoms with Crippen LogP contribution in [0.1, 0.15) is 18.8 Å². The number of aromatic nitrogens is 5. The fraction of sp³-hybridized carbons (Fsp3) is 0.278. The van der Waals surface area contributed by atoms with Gasteiger partial charge in [-0.05, 0) is 6.92 Å². The Bertz CT molecular complexity index is 891. The number of carboxylic acid groups (broad SMARTS) is 1. The molecule has 3 heterocycles. The number of imidazole rings is 1. The van der Waals surface area contributed by atoms with Gasteiger partial charge in [-0.2, -0.15) is 5.10 Å². The molecular weight excluding hydrogens is 348 g/mol. The van der Waals surface area contributed by atoms with Crippen molar-refractivity contribution < 1.29 is 14.7 Å². The Labute approximate surface area is 155 Å². The number of carbonyl (C=O) groups excluding carboxylic acids is 1. The number of benzene rings is 1. The van der Waals surface area contributed by atoms with Crippen LogP contribution in [-0.4, -0.2) is 53.2 Å². The summed E-state index contributed by atoms with van der Waals surface area (Å²) >= 11 is 0. The number of nitrogens with zero attached hydrogens (tertiary/aromatic N) is 6. The summed E-state index contributed by atoms with van der Waals surface area (Å²) in [6.07, 6.45) is 5.13. The van der Waals surface area contributed by atoms with Gasteiger partial charge in [0, 0.05) is 24.5 Å². The number of rotatable bonds is 3. The van der Waals surface area contributed by atoms with Gasteiger partial charge in [0.15, 0.2) is 5.82 Å². The molecule has 1 amide bonds. The third kappa shape index (κ3) is 4.02. The Morgan fingerprint density at radius 1 is 1.30 bits per heavy atom. The highest BCUT2D eigenvalue weighted by atomic mass is 16.3. The van der Waals surface area contributed by atoms with Crippen molar-refractivity contribution in [2.24, 2.45) is 0 Å². The first-order chi connectivity index (χ1) is 13.1. The summed E-state index contributed by atoms with van der Waals surface area (Å²) in [7, 11) is 0. The Balaban J connectivity index is 0.000000659. The lowest BCUT2D eigenvalue weighted by Gasteiger charge is -2.33. The summed E-state index contributed by atoms with van der Waals surface area (Å²) < 4.78 is 3.69. The number of hydrogen-bond acceptors (Lipinski definition) is 5. The van der Waals surface area contributed by atoms with E-state index in [0.717, 1.165) is 11.4 Å². The zero-order valence-electron chi connectivity index (χ0n) is 14.8. The van der Waals surface area contributed by atoms with Crippen molar-refractivity contribution in [3.63, 3.8) is 0 Å². The lowest BCUT2D eigenvalue weighted by atomic mass is 10.2. The predicted octanol–water partition coefficient (Wildman–Crippen LogP) is 1.45. The Kier molecular flexibility index (Phi) is 5.60. The minimum atomic E-state index is -0.250. The van der Waals surface area contributed by atoms with Crippen molar-refractivity contribution >= 4 is 12.4 Å². The Morgan fingerprint density at radius 2 is 2.04 bits per heavy atom. The van der Waals surface area contributed by atoms with Gasteiger partial charge in [-0.25, -0.2) is 14.6 Å². The molecule has 0 saturated carbocycles. The van der Waals surface area contributed by atoms with E-state index in [9.17, 15) is 4.79 Å². The highest BCUT2D eigenvalue weighted by molar-refractivity contribution is 5.76. The molecule has 3 aromatic rings. The maximum Gasteiger partial charge on any atom is 0.290 e. The van der Waals surface area contributed by atoms with E-state index in [1.54, 1.807) is 23.3 Å². The molecule has 0 saturated heterocycles. The van der Waals surface area contributed by atoms with Crippen LogP contribution in [0.5, 0.6) is 0 Å². The number of hydrogen-bond donors (Lipinski definition) is 1. The van der Waals surface area contributed by atoms with Gasteiger partial charge in [-0.3, -0.25) is 9.59 Å². The van der Waals surface area contributed by atoms with Crippen molar-refractivity contribution in [2.45, 2.75) is 26.1 Å². The minimum absolute atomic E-state index is 0.0658. The molecule has 1 aliphatic rings. The molecule has 0 bridgehead atoms. The van der Waals surface area contributed by atoms with Gasteiger partial charge < -0.3 is 14.6 Å². The summed E-state index contributed by atoms with van der Waals surface area (Å²) in [4.78, 5) is 31.5. The summed E-state index contributed by atoms with van der Waals surface area (Å²) in [5.41, 5.74) is 0.989. The standard InChI is InChI=1S/C17H18N6O.CH2O2/c1-13-17-19-16(14-5-3-2-4-6-14)20-23(17)10-9-22(13)15(24)11-21-8-7-18-12-21;2-1-3/h2-8,12-13H,9-11H2,1H3;1H,(H,2,3)/t13-;/m0./s1. The molecule has 4 rings (SSSR count). The second kappa shape index (κ2) is 8.26. The maximum atomic E-state index is 12.6. The molecule has 1 aliphatic heterocycles. The maximum absolute atomic E-state index is 12.6. The van der Waals surface area contributed by atoms with Gasteiger partial charge in [0.1, 0.15) is 12.4 Å². The van der Waals surface area contributed by atoms with E-state index in [2.05, 4.69) is 15.1 Å². The Hall–Kier alpha value is -3.49. The predicted molar refractivity (Wildman–Crippen MR) is 96.5 cm³/mol. The van der Waals surface area contributed by atoms with Crippen LogP contribution in [0, 0.1) is 0 Å². The van der Waals surface area contributed by atoms with Crippen molar-refractivity contribution in [1.29, 1.82) is 0 Å². The van der Waals surface area contributed by atoms with Crippen molar-refractivity contribution in [3.8, 4) is 11.4 Å². The smallest absolute Gasteiger partial charge is 0.290 e. The summed E-state index contributed by atoms with van der Waals surface area (Å²) in [5, 5.41) is 11.5. The normalized spacial score (nSPS) is 15.4. The monoisotopic (exact) mass is 368 g/mol. The largest absolute Gasteiger partial charge is 0.483 e. The fourth-order valence-electron chi connectivity index (χ4n) is 3.04. The molecule has 27 heavy (non-hydrogen) atoms. The SMILES string of the molecule is C[C@H]1c2nc(-c3ccccc3)nn2CCN1C(=O)Cn1ccnc1.O=CO. The molecular formula is C18H20N6O3. The van der Waals surface area contributed by atoms with E-state index in [4.69, 9.17) is 9.90 Å². The van der Waals surface area contributed by atoms with Gasteiger partial charge >= 0.3 is 0 Å². The molecule has 0 radical (unpaired) electrons. The first-order valence-electron chi connectivity index (χ1n) is 8.47. The zero-order valence-corrected chi connectivity index (χ0v) is 14.8.